The summed E-state index contributed by atoms with van der Waals surface area (Å²) < 4.78 is 5.35. The van der Waals surface area contributed by atoms with E-state index in [-0.39, 0.29) is 6.10 Å². The van der Waals surface area contributed by atoms with Crippen LogP contribution in [-0.4, -0.2) is 59.2 Å². The average molecular weight is 229 g/mol. The highest BCUT2D eigenvalue weighted by Gasteiger charge is 2.51. The van der Waals surface area contributed by atoms with Crippen molar-refractivity contribution >= 4 is 0 Å². The molecule has 1 aliphatic carbocycles. The highest BCUT2D eigenvalue weighted by molar-refractivity contribution is 5.05. The van der Waals surface area contributed by atoms with Crippen molar-refractivity contribution in [2.45, 2.75) is 44.5 Å². The van der Waals surface area contributed by atoms with E-state index >= 15 is 0 Å². The Kier molecular flexibility index (Phi) is 3.54. The van der Waals surface area contributed by atoms with E-state index in [0.29, 0.717) is 19.1 Å². The summed E-state index contributed by atoms with van der Waals surface area (Å²) in [6.45, 7) is 6.36. The molecule has 4 nitrogen and oxygen atoms in total. The molecule has 1 unspecified atom stereocenters. The third kappa shape index (κ3) is 2.94. The van der Waals surface area contributed by atoms with Gasteiger partial charge in [-0.3, -0.25) is 4.90 Å². The molecular formula is C12H23NO3. The Morgan fingerprint density at radius 3 is 2.50 bits per heavy atom. The molecule has 0 bridgehead atoms. The summed E-state index contributed by atoms with van der Waals surface area (Å²) in [5.74, 6) is 0.521. The monoisotopic (exact) mass is 229 g/mol. The number of aliphatic hydroxyl groups is 2. The van der Waals surface area contributed by atoms with E-state index in [4.69, 9.17) is 4.74 Å². The lowest BCUT2D eigenvalue weighted by atomic mass is 9.88. The highest BCUT2D eigenvalue weighted by atomic mass is 16.5. The minimum absolute atomic E-state index is 0.162. The van der Waals surface area contributed by atoms with Crippen LogP contribution < -0.4 is 0 Å². The Morgan fingerprint density at radius 2 is 2.00 bits per heavy atom. The summed E-state index contributed by atoms with van der Waals surface area (Å²) >= 11 is 0. The van der Waals surface area contributed by atoms with E-state index < -0.39 is 11.7 Å². The lowest BCUT2D eigenvalue weighted by Crippen LogP contribution is -2.64. The van der Waals surface area contributed by atoms with Gasteiger partial charge in [-0.05, 0) is 32.6 Å². The summed E-state index contributed by atoms with van der Waals surface area (Å²) in [5.41, 5.74) is -0.446. The summed E-state index contributed by atoms with van der Waals surface area (Å²) in [6, 6.07) is 0. The smallest absolute Gasteiger partial charge is 0.0928 e. The molecule has 16 heavy (non-hydrogen) atoms. The maximum absolute atomic E-state index is 10.1. The molecule has 1 heterocycles. The summed E-state index contributed by atoms with van der Waals surface area (Å²) in [6.07, 6.45) is 2.06. The molecule has 1 saturated carbocycles. The van der Waals surface area contributed by atoms with Gasteiger partial charge >= 0.3 is 0 Å². The number of nitrogens with zero attached hydrogens (tertiary/aromatic N) is 1. The molecule has 0 radical (unpaired) electrons. The second-order valence-corrected chi connectivity index (χ2v) is 5.58. The number of β-amino-alcohol motifs (C(OH)–C–C–N with tert-alkyl or cyclic N) is 2. The molecule has 0 aromatic rings. The molecule has 94 valence electrons. The van der Waals surface area contributed by atoms with Crippen molar-refractivity contribution in [3.63, 3.8) is 0 Å². The number of rotatable bonds is 6. The second-order valence-electron chi connectivity index (χ2n) is 5.58. The van der Waals surface area contributed by atoms with Crippen LogP contribution in [0, 0.1) is 5.92 Å². The van der Waals surface area contributed by atoms with E-state index in [1.165, 1.54) is 12.8 Å². The van der Waals surface area contributed by atoms with Crippen molar-refractivity contribution in [3.05, 3.63) is 0 Å². The Balaban J connectivity index is 1.61. The van der Waals surface area contributed by atoms with Crippen molar-refractivity contribution in [1.29, 1.82) is 0 Å². The molecule has 2 N–H and O–H groups in total. The third-order valence-electron chi connectivity index (χ3n) is 3.42. The molecule has 2 fully saturated rings. The average Bonchev–Trinajstić information content (AvgIpc) is 2.95. The zero-order valence-electron chi connectivity index (χ0n) is 10.2. The van der Waals surface area contributed by atoms with Crippen LogP contribution in [0.3, 0.4) is 0 Å². The number of ether oxygens (including phenoxy) is 1. The third-order valence-corrected chi connectivity index (χ3v) is 3.42. The van der Waals surface area contributed by atoms with Crippen molar-refractivity contribution in [3.8, 4) is 0 Å². The molecular weight excluding hydrogens is 206 g/mol. The Bertz CT molecular complexity index is 234. The number of hydrogen-bond donors (Lipinski definition) is 2. The first-order valence-corrected chi connectivity index (χ1v) is 6.24. The fourth-order valence-corrected chi connectivity index (χ4v) is 2.39. The predicted octanol–water partition coefficient (Wildman–Crippen LogP) is 0.229. The molecule has 4 heteroatoms. The fraction of sp³-hybridized carbons (Fsp3) is 1.00. The van der Waals surface area contributed by atoms with Crippen molar-refractivity contribution < 1.29 is 14.9 Å². The van der Waals surface area contributed by atoms with E-state index in [2.05, 4.69) is 4.90 Å². The fourth-order valence-electron chi connectivity index (χ4n) is 2.39. The molecule has 0 spiro atoms. The van der Waals surface area contributed by atoms with Gasteiger partial charge in [0.25, 0.3) is 0 Å². The van der Waals surface area contributed by atoms with Crippen LogP contribution in [0.15, 0.2) is 0 Å². The Hall–Kier alpha value is -0.160. The summed E-state index contributed by atoms with van der Waals surface area (Å²) in [7, 11) is 0. The lowest BCUT2D eigenvalue weighted by molar-refractivity contribution is -0.128. The van der Waals surface area contributed by atoms with E-state index in [9.17, 15) is 10.2 Å². The minimum atomic E-state index is -0.446. The van der Waals surface area contributed by atoms with Gasteiger partial charge in [-0.15, -0.1) is 0 Å². The molecule has 0 aromatic carbocycles. The molecule has 1 aliphatic heterocycles. The summed E-state index contributed by atoms with van der Waals surface area (Å²) in [4.78, 5) is 2.10. The van der Waals surface area contributed by atoms with Gasteiger partial charge in [0, 0.05) is 19.6 Å². The molecule has 1 saturated heterocycles. The van der Waals surface area contributed by atoms with Crippen LogP contribution in [0.25, 0.3) is 0 Å². The van der Waals surface area contributed by atoms with Gasteiger partial charge in [-0.2, -0.15) is 0 Å². The molecule has 2 aliphatic rings. The van der Waals surface area contributed by atoms with Crippen molar-refractivity contribution in [2.24, 2.45) is 5.92 Å². The Morgan fingerprint density at radius 1 is 1.38 bits per heavy atom. The van der Waals surface area contributed by atoms with E-state index in [0.717, 1.165) is 13.1 Å². The predicted molar refractivity (Wildman–Crippen MR) is 61.2 cm³/mol. The first-order chi connectivity index (χ1) is 7.49. The van der Waals surface area contributed by atoms with Crippen LogP contribution in [-0.2, 0) is 4.74 Å². The topological polar surface area (TPSA) is 52.9 Å². The van der Waals surface area contributed by atoms with Crippen LogP contribution in [0.4, 0.5) is 0 Å². The maximum Gasteiger partial charge on any atom is 0.0928 e. The van der Waals surface area contributed by atoms with E-state index in [1.807, 2.05) is 13.8 Å². The molecule has 0 amide bonds. The Labute approximate surface area is 97.2 Å². The van der Waals surface area contributed by atoms with Crippen molar-refractivity contribution in [1.82, 2.24) is 4.90 Å². The minimum Gasteiger partial charge on any atom is -0.389 e. The zero-order valence-corrected chi connectivity index (χ0v) is 10.2. The molecule has 0 aromatic heterocycles. The molecule has 1 atom stereocenters. The first kappa shape index (κ1) is 12.3. The van der Waals surface area contributed by atoms with Gasteiger partial charge in [0.15, 0.2) is 0 Å². The quantitative estimate of drug-likeness (QED) is 0.684. The lowest BCUT2D eigenvalue weighted by Gasteiger charge is -2.47. The van der Waals surface area contributed by atoms with Crippen LogP contribution >= 0.6 is 0 Å². The largest absolute Gasteiger partial charge is 0.389 e. The number of aliphatic hydroxyl groups excluding tert-OH is 1. The number of likely N-dealkylation sites (tertiary alicyclic amines) is 1. The van der Waals surface area contributed by atoms with Gasteiger partial charge in [0.05, 0.1) is 24.4 Å². The zero-order chi connectivity index (χ0) is 11.8. The van der Waals surface area contributed by atoms with Crippen LogP contribution in [0.1, 0.15) is 26.7 Å². The standard InChI is InChI=1S/C12H23NO3/c1-9(2)16-6-11(14)5-13-7-12(15,8-13)10-3-4-10/h9-11,14-15H,3-8H2,1-2H3. The van der Waals surface area contributed by atoms with Gasteiger partial charge < -0.3 is 14.9 Å². The van der Waals surface area contributed by atoms with Gasteiger partial charge in [-0.25, -0.2) is 0 Å². The van der Waals surface area contributed by atoms with Crippen molar-refractivity contribution in [2.75, 3.05) is 26.2 Å². The maximum atomic E-state index is 10.1. The van der Waals surface area contributed by atoms with Gasteiger partial charge in [0.2, 0.25) is 0 Å². The summed E-state index contributed by atoms with van der Waals surface area (Å²) in [5, 5.41) is 19.8. The van der Waals surface area contributed by atoms with Gasteiger partial charge in [-0.1, -0.05) is 0 Å². The van der Waals surface area contributed by atoms with Gasteiger partial charge in [0.1, 0.15) is 0 Å². The highest BCUT2D eigenvalue weighted by Crippen LogP contribution is 2.44. The first-order valence-electron chi connectivity index (χ1n) is 6.24. The normalized spacial score (nSPS) is 26.8. The number of hydrogen-bond acceptors (Lipinski definition) is 4. The van der Waals surface area contributed by atoms with E-state index in [1.54, 1.807) is 0 Å². The SMILES string of the molecule is CC(C)OCC(O)CN1CC(O)(C2CC2)C1. The van der Waals surface area contributed by atoms with Crippen LogP contribution in [0.2, 0.25) is 0 Å². The van der Waals surface area contributed by atoms with Crippen LogP contribution in [0.5, 0.6) is 0 Å². The molecule has 2 rings (SSSR count). The second kappa shape index (κ2) is 4.61.